The highest BCUT2D eigenvalue weighted by Crippen LogP contribution is 2.56. The summed E-state index contributed by atoms with van der Waals surface area (Å²) >= 11 is 0. The second-order valence-corrected chi connectivity index (χ2v) is 14.3. The van der Waals surface area contributed by atoms with Gasteiger partial charge in [0.05, 0.1) is 17.1 Å². The molecule has 0 aromatic heterocycles. The first kappa shape index (κ1) is 27.9. The highest BCUT2D eigenvalue weighted by molar-refractivity contribution is 5.96. The average Bonchev–Trinajstić information content (AvgIpc) is 3.48. The lowest BCUT2D eigenvalue weighted by molar-refractivity contribution is 0.658. The summed E-state index contributed by atoms with van der Waals surface area (Å²) in [6.07, 6.45) is 4.46. The number of allylic oxidation sites excluding steroid dienone is 1. The van der Waals surface area contributed by atoms with Crippen molar-refractivity contribution >= 4 is 28.7 Å². The van der Waals surface area contributed by atoms with Crippen LogP contribution in [0.25, 0.3) is 33.9 Å². The first-order valence-electron chi connectivity index (χ1n) is 16.8. The van der Waals surface area contributed by atoms with E-state index < -0.39 is 0 Å². The van der Waals surface area contributed by atoms with Gasteiger partial charge in [-0.1, -0.05) is 143 Å². The lowest BCUT2D eigenvalue weighted by atomic mass is 9.80. The second kappa shape index (κ2) is 10.1. The van der Waals surface area contributed by atoms with Crippen LogP contribution in [0.15, 0.2) is 121 Å². The van der Waals surface area contributed by atoms with Crippen molar-refractivity contribution in [2.75, 3.05) is 4.90 Å². The molecular weight excluding hydrogens is 567 g/mol. The minimum Gasteiger partial charge on any atom is -0.302 e. The molecule has 0 N–H and O–H groups in total. The third-order valence-electron chi connectivity index (χ3n) is 11.0. The minimum atomic E-state index is -0.172. The van der Waals surface area contributed by atoms with E-state index in [2.05, 4.69) is 172 Å². The van der Waals surface area contributed by atoms with Gasteiger partial charge in [-0.3, -0.25) is 0 Å². The van der Waals surface area contributed by atoms with Crippen LogP contribution in [0.1, 0.15) is 73.1 Å². The molecule has 6 aromatic rings. The van der Waals surface area contributed by atoms with E-state index in [-0.39, 0.29) is 10.8 Å². The molecule has 1 nitrogen and oxygen atoms in total. The Hall–Kier alpha value is -5.32. The third kappa shape index (κ3) is 4.04. The normalized spacial score (nSPS) is 15.8. The van der Waals surface area contributed by atoms with Crippen molar-refractivity contribution in [1.82, 2.24) is 0 Å². The van der Waals surface area contributed by atoms with Crippen molar-refractivity contribution in [1.29, 1.82) is 0 Å². The van der Waals surface area contributed by atoms with Crippen molar-refractivity contribution in [3.05, 3.63) is 172 Å². The molecule has 47 heavy (non-hydrogen) atoms. The molecule has 9 rings (SSSR count). The average molecular weight is 604 g/mol. The van der Waals surface area contributed by atoms with Gasteiger partial charge in [0.15, 0.2) is 0 Å². The van der Waals surface area contributed by atoms with Crippen LogP contribution in [-0.4, -0.2) is 0 Å². The van der Waals surface area contributed by atoms with Gasteiger partial charge in [-0.05, 0) is 92.8 Å². The van der Waals surface area contributed by atoms with Crippen LogP contribution in [0.5, 0.6) is 0 Å². The van der Waals surface area contributed by atoms with Crippen LogP contribution >= 0.6 is 0 Å². The predicted octanol–water partition coefficient (Wildman–Crippen LogP) is 11.9. The van der Waals surface area contributed by atoms with E-state index in [4.69, 9.17) is 0 Å². The summed E-state index contributed by atoms with van der Waals surface area (Å²) < 4.78 is 0. The Bertz CT molecular complexity index is 2260. The van der Waals surface area contributed by atoms with Gasteiger partial charge >= 0.3 is 0 Å². The number of hydrogen-bond donors (Lipinski definition) is 0. The number of para-hydroxylation sites is 1. The summed E-state index contributed by atoms with van der Waals surface area (Å²) in [4.78, 5) is 2.49. The molecule has 0 bridgehead atoms. The third-order valence-corrected chi connectivity index (χ3v) is 11.0. The van der Waals surface area contributed by atoms with Gasteiger partial charge in [0, 0.05) is 22.0 Å². The molecule has 0 unspecified atom stereocenters. The molecule has 0 saturated carbocycles. The molecule has 3 aliphatic carbocycles. The van der Waals surface area contributed by atoms with Crippen LogP contribution in [0.2, 0.25) is 0 Å². The number of benzene rings is 5. The molecule has 0 radical (unpaired) electrons. The van der Waals surface area contributed by atoms with Gasteiger partial charge in [0.1, 0.15) is 0 Å². The van der Waals surface area contributed by atoms with Gasteiger partial charge < -0.3 is 4.90 Å². The molecule has 0 saturated heterocycles. The van der Waals surface area contributed by atoms with Crippen molar-refractivity contribution < 1.29 is 0 Å². The lowest BCUT2D eigenvalue weighted by Crippen LogP contribution is -2.22. The van der Waals surface area contributed by atoms with E-state index in [9.17, 15) is 0 Å². The van der Waals surface area contributed by atoms with E-state index in [1.165, 1.54) is 78.1 Å². The maximum atomic E-state index is 3.71. The molecule has 0 spiro atoms. The monoisotopic (exact) mass is 603 g/mol. The van der Waals surface area contributed by atoms with E-state index in [1.54, 1.807) is 0 Å². The van der Waals surface area contributed by atoms with Crippen molar-refractivity contribution in [2.45, 2.75) is 51.4 Å². The highest BCUT2D eigenvalue weighted by Gasteiger charge is 2.40. The van der Waals surface area contributed by atoms with E-state index in [0.29, 0.717) is 0 Å². The molecule has 3 aliphatic rings. The summed E-state index contributed by atoms with van der Waals surface area (Å²) in [5, 5.41) is 0. The van der Waals surface area contributed by atoms with Crippen LogP contribution in [0.3, 0.4) is 0 Å². The Labute approximate surface area is 278 Å². The van der Waals surface area contributed by atoms with Crippen LogP contribution in [0.4, 0.5) is 17.1 Å². The zero-order valence-corrected chi connectivity index (χ0v) is 27.5. The highest BCUT2D eigenvalue weighted by atomic mass is 15.1. The smallest absolute Gasteiger partial charge is 0.0977 e. The van der Waals surface area contributed by atoms with Crippen LogP contribution < -0.4 is 4.90 Å². The van der Waals surface area contributed by atoms with E-state index >= 15 is 0 Å². The summed E-state index contributed by atoms with van der Waals surface area (Å²) in [5.41, 5.74) is 18.9. The molecule has 6 aromatic carbocycles. The Balaban J connectivity index is 1.30. The molecule has 0 fully saturated rings. The number of aryl methyl sites for hydroxylation is 1. The van der Waals surface area contributed by atoms with Gasteiger partial charge in [-0.15, -0.1) is 0 Å². The first-order chi connectivity index (χ1) is 22.8. The molecule has 0 aliphatic heterocycles. The van der Waals surface area contributed by atoms with Gasteiger partial charge in [-0.25, -0.2) is 0 Å². The quantitative estimate of drug-likeness (QED) is 0.194. The Kier molecular flexibility index (Phi) is 6.00. The summed E-state index contributed by atoms with van der Waals surface area (Å²) in [5.74, 6) is 0. The maximum Gasteiger partial charge on any atom is 0.0977 e. The summed E-state index contributed by atoms with van der Waals surface area (Å²) in [6.45, 7) is 9.45. The second-order valence-electron chi connectivity index (χ2n) is 14.3. The zero-order valence-electron chi connectivity index (χ0n) is 27.5. The van der Waals surface area contributed by atoms with Gasteiger partial charge in [-0.2, -0.15) is 0 Å². The Morgan fingerprint density at radius 2 is 1.17 bits per heavy atom. The standard InChI is InChI=1S/C46H37N/c1-45(2)39-20-10-7-17-35(39)37-27-26-33(29-41(37)45)47(43-23-13-19-38-36-18-8-11-21-40(36)46(3,4)44(38)43)42-22-12-9-16-34(42)32-25-24-30-14-5-6-15-31(30)28-32/h5-23,28-29H,24-25H2,1-4H3. The van der Waals surface area contributed by atoms with Gasteiger partial charge in [0.2, 0.25) is 0 Å². The van der Waals surface area contributed by atoms with Crippen LogP contribution in [0, 0.1) is 12.1 Å². The Morgan fingerprint density at radius 3 is 2.00 bits per heavy atom. The number of hydrogen-bond acceptors (Lipinski definition) is 1. The zero-order chi connectivity index (χ0) is 31.9. The molecular formula is C46H37N. The number of fused-ring (bicyclic) bond motifs is 7. The summed E-state index contributed by atoms with van der Waals surface area (Å²) in [6, 6.07) is 52.2. The van der Waals surface area contributed by atoms with Crippen molar-refractivity contribution in [3.63, 3.8) is 0 Å². The fourth-order valence-corrected chi connectivity index (χ4v) is 8.64. The molecule has 226 valence electrons. The van der Waals surface area contributed by atoms with Crippen LogP contribution in [-0.2, 0) is 17.3 Å². The summed E-state index contributed by atoms with van der Waals surface area (Å²) in [7, 11) is 0. The maximum absolute atomic E-state index is 3.71. The van der Waals surface area contributed by atoms with E-state index in [0.717, 1.165) is 18.5 Å². The lowest BCUT2D eigenvalue weighted by Gasteiger charge is -2.33. The molecule has 0 heterocycles. The van der Waals surface area contributed by atoms with E-state index in [1.807, 2.05) is 0 Å². The first-order valence-corrected chi connectivity index (χ1v) is 16.8. The fraction of sp³-hybridized carbons (Fsp3) is 0.174. The molecule has 0 atom stereocenters. The number of nitrogens with zero attached hydrogens (tertiary/aromatic N) is 1. The number of rotatable bonds is 4. The van der Waals surface area contributed by atoms with Gasteiger partial charge in [0.25, 0.3) is 0 Å². The molecule has 1 heteroatoms. The Morgan fingerprint density at radius 1 is 0.532 bits per heavy atom. The SMILES string of the molecule is CC1(C)c2cc(N(c3ccccc3C3=Cc4ccccc4CC3)c3cccc4c3C(C)(C)c3ccccc3-4)c#cc2-c2ccccc21. The fourth-order valence-electron chi connectivity index (χ4n) is 8.64. The molecule has 0 amide bonds. The van der Waals surface area contributed by atoms with Crippen molar-refractivity contribution in [3.8, 4) is 22.3 Å². The predicted molar refractivity (Wildman–Crippen MR) is 197 cm³/mol. The number of anilines is 3. The van der Waals surface area contributed by atoms with Crippen molar-refractivity contribution in [2.24, 2.45) is 0 Å². The topological polar surface area (TPSA) is 3.24 Å². The largest absolute Gasteiger partial charge is 0.302 e. The minimum absolute atomic E-state index is 0.138.